The second-order valence-corrected chi connectivity index (χ2v) is 7.07. The van der Waals surface area contributed by atoms with E-state index in [1.165, 1.54) is 0 Å². The number of nitrogens with zero attached hydrogens (tertiary/aromatic N) is 4. The zero-order chi connectivity index (χ0) is 16.4. The average Bonchev–Trinajstić information content (AvgIpc) is 3.09. The molecule has 2 aliphatic heterocycles. The SMILES string of the molecule is CCN1CC2(CCN(C(=O)CCn3cc(Cl)cn3)CC2)CC1=O. The molecule has 1 aromatic heterocycles. The van der Waals surface area contributed by atoms with E-state index in [-0.39, 0.29) is 17.2 Å². The van der Waals surface area contributed by atoms with Crippen molar-refractivity contribution < 1.29 is 9.59 Å². The van der Waals surface area contributed by atoms with Crippen molar-refractivity contribution in [1.29, 1.82) is 0 Å². The molecule has 0 N–H and O–H groups in total. The van der Waals surface area contributed by atoms with Crippen LogP contribution in [0.5, 0.6) is 0 Å². The van der Waals surface area contributed by atoms with E-state index in [4.69, 9.17) is 11.6 Å². The van der Waals surface area contributed by atoms with E-state index < -0.39 is 0 Å². The molecule has 6 nitrogen and oxygen atoms in total. The summed E-state index contributed by atoms with van der Waals surface area (Å²) in [6.45, 7) is 5.73. The van der Waals surface area contributed by atoms with Crippen LogP contribution in [0, 0.1) is 5.41 Å². The number of likely N-dealkylation sites (tertiary alicyclic amines) is 2. The van der Waals surface area contributed by atoms with Crippen molar-refractivity contribution in [2.24, 2.45) is 5.41 Å². The third kappa shape index (κ3) is 3.52. The first-order valence-corrected chi connectivity index (χ1v) is 8.63. The zero-order valence-corrected chi connectivity index (χ0v) is 14.3. The average molecular weight is 339 g/mol. The fourth-order valence-electron chi connectivity index (χ4n) is 3.66. The number of aryl methyl sites for hydroxylation is 1. The summed E-state index contributed by atoms with van der Waals surface area (Å²) in [4.78, 5) is 28.2. The van der Waals surface area contributed by atoms with Crippen LogP contribution < -0.4 is 0 Å². The number of aromatic nitrogens is 2. The summed E-state index contributed by atoms with van der Waals surface area (Å²) in [7, 11) is 0. The van der Waals surface area contributed by atoms with Crippen molar-refractivity contribution in [2.45, 2.75) is 39.2 Å². The van der Waals surface area contributed by atoms with Gasteiger partial charge in [0.15, 0.2) is 0 Å². The summed E-state index contributed by atoms with van der Waals surface area (Å²) in [6.07, 6.45) is 6.24. The highest BCUT2D eigenvalue weighted by molar-refractivity contribution is 6.30. The molecule has 0 atom stereocenters. The van der Waals surface area contributed by atoms with E-state index in [0.29, 0.717) is 24.4 Å². The number of rotatable bonds is 4. The molecule has 2 saturated heterocycles. The number of amides is 2. The largest absolute Gasteiger partial charge is 0.343 e. The number of hydrogen-bond acceptors (Lipinski definition) is 3. The Morgan fingerprint density at radius 1 is 1.39 bits per heavy atom. The number of carbonyl (C=O) groups is 2. The van der Waals surface area contributed by atoms with E-state index in [9.17, 15) is 9.59 Å². The van der Waals surface area contributed by atoms with Gasteiger partial charge in [-0.05, 0) is 19.8 Å². The Bertz CT molecular complexity index is 593. The molecule has 1 spiro atoms. The molecule has 0 saturated carbocycles. The summed E-state index contributed by atoms with van der Waals surface area (Å²) in [6, 6.07) is 0. The van der Waals surface area contributed by atoms with Gasteiger partial charge in [0, 0.05) is 57.2 Å². The molecular formula is C16H23ClN4O2. The van der Waals surface area contributed by atoms with Gasteiger partial charge in [0.1, 0.15) is 0 Å². The van der Waals surface area contributed by atoms with E-state index >= 15 is 0 Å². The molecule has 7 heteroatoms. The van der Waals surface area contributed by atoms with Crippen LogP contribution in [0.25, 0.3) is 0 Å². The first kappa shape index (κ1) is 16.3. The highest BCUT2D eigenvalue weighted by Crippen LogP contribution is 2.40. The lowest BCUT2D eigenvalue weighted by molar-refractivity contribution is -0.133. The Labute approximate surface area is 141 Å². The standard InChI is InChI=1S/C16H23ClN4O2/c1-2-19-12-16(9-15(19)23)4-7-20(8-5-16)14(22)3-6-21-11-13(17)10-18-21/h10-11H,2-9,12H2,1H3. The van der Waals surface area contributed by atoms with Crippen LogP contribution in [0.15, 0.2) is 12.4 Å². The Morgan fingerprint density at radius 2 is 2.13 bits per heavy atom. The molecule has 0 aromatic carbocycles. The molecule has 2 amide bonds. The van der Waals surface area contributed by atoms with Crippen molar-refractivity contribution in [3.63, 3.8) is 0 Å². The van der Waals surface area contributed by atoms with Gasteiger partial charge >= 0.3 is 0 Å². The second kappa shape index (κ2) is 6.51. The van der Waals surface area contributed by atoms with Crippen LogP contribution in [0.3, 0.4) is 0 Å². The third-order valence-corrected chi connectivity index (χ3v) is 5.32. The molecular weight excluding hydrogens is 316 g/mol. The van der Waals surface area contributed by atoms with Crippen molar-refractivity contribution in [3.8, 4) is 0 Å². The molecule has 3 heterocycles. The highest BCUT2D eigenvalue weighted by atomic mass is 35.5. The maximum Gasteiger partial charge on any atom is 0.224 e. The predicted molar refractivity (Wildman–Crippen MR) is 87.0 cm³/mol. The number of piperidine rings is 1. The van der Waals surface area contributed by atoms with Gasteiger partial charge in [-0.2, -0.15) is 5.10 Å². The first-order chi connectivity index (χ1) is 11.0. The van der Waals surface area contributed by atoms with Crippen molar-refractivity contribution in [2.75, 3.05) is 26.2 Å². The van der Waals surface area contributed by atoms with Crippen LogP contribution in [0.1, 0.15) is 32.6 Å². The Morgan fingerprint density at radius 3 is 2.70 bits per heavy atom. The van der Waals surface area contributed by atoms with Gasteiger partial charge < -0.3 is 9.80 Å². The quantitative estimate of drug-likeness (QED) is 0.841. The van der Waals surface area contributed by atoms with Crippen LogP contribution in [0.2, 0.25) is 5.02 Å². The summed E-state index contributed by atoms with van der Waals surface area (Å²) in [5.41, 5.74) is 0.0966. The van der Waals surface area contributed by atoms with E-state index in [2.05, 4.69) is 5.10 Å². The summed E-state index contributed by atoms with van der Waals surface area (Å²) in [5.74, 6) is 0.422. The third-order valence-electron chi connectivity index (χ3n) is 5.12. The molecule has 23 heavy (non-hydrogen) atoms. The maximum atomic E-state index is 12.3. The van der Waals surface area contributed by atoms with Gasteiger partial charge in [-0.15, -0.1) is 0 Å². The molecule has 0 aliphatic carbocycles. The van der Waals surface area contributed by atoms with Crippen molar-refractivity contribution in [1.82, 2.24) is 19.6 Å². The molecule has 126 valence electrons. The fourth-order valence-corrected chi connectivity index (χ4v) is 3.82. The molecule has 0 bridgehead atoms. The Balaban J connectivity index is 1.49. The van der Waals surface area contributed by atoms with Crippen molar-refractivity contribution in [3.05, 3.63) is 17.4 Å². The second-order valence-electron chi connectivity index (χ2n) is 6.64. The van der Waals surface area contributed by atoms with Gasteiger partial charge in [-0.3, -0.25) is 14.3 Å². The number of hydrogen-bond donors (Lipinski definition) is 0. The smallest absolute Gasteiger partial charge is 0.224 e. The summed E-state index contributed by atoms with van der Waals surface area (Å²) < 4.78 is 1.69. The molecule has 0 unspecified atom stereocenters. The minimum Gasteiger partial charge on any atom is -0.343 e. The van der Waals surface area contributed by atoms with Crippen LogP contribution in [0.4, 0.5) is 0 Å². The molecule has 2 aliphatic rings. The van der Waals surface area contributed by atoms with Crippen LogP contribution in [-0.4, -0.2) is 57.6 Å². The fraction of sp³-hybridized carbons (Fsp3) is 0.688. The Hall–Kier alpha value is -1.56. The highest BCUT2D eigenvalue weighted by Gasteiger charge is 2.44. The van der Waals surface area contributed by atoms with Gasteiger partial charge in [0.25, 0.3) is 0 Å². The molecule has 3 rings (SSSR count). The normalized spacial score (nSPS) is 20.5. The van der Waals surface area contributed by atoms with Gasteiger partial charge in [-0.1, -0.05) is 11.6 Å². The predicted octanol–water partition coefficient (Wildman–Crippen LogP) is 1.79. The van der Waals surface area contributed by atoms with E-state index in [0.717, 1.165) is 39.0 Å². The van der Waals surface area contributed by atoms with Crippen LogP contribution >= 0.6 is 11.6 Å². The minimum absolute atomic E-state index is 0.0966. The Kier molecular flexibility index (Phi) is 4.62. The van der Waals surface area contributed by atoms with Crippen LogP contribution in [-0.2, 0) is 16.1 Å². The van der Waals surface area contributed by atoms with Gasteiger partial charge in [0.05, 0.1) is 11.2 Å². The monoisotopic (exact) mass is 338 g/mol. The number of carbonyl (C=O) groups excluding carboxylic acids is 2. The summed E-state index contributed by atoms with van der Waals surface area (Å²) >= 11 is 5.82. The molecule has 2 fully saturated rings. The lowest BCUT2D eigenvalue weighted by Gasteiger charge is -2.38. The molecule has 1 aromatic rings. The maximum absolute atomic E-state index is 12.3. The minimum atomic E-state index is 0.0966. The van der Waals surface area contributed by atoms with Crippen molar-refractivity contribution >= 4 is 23.4 Å². The number of halogens is 1. The lowest BCUT2D eigenvalue weighted by atomic mass is 9.77. The topological polar surface area (TPSA) is 58.4 Å². The molecule has 0 radical (unpaired) electrons. The van der Waals surface area contributed by atoms with E-state index in [1.54, 1.807) is 17.1 Å². The zero-order valence-electron chi connectivity index (χ0n) is 13.5. The lowest BCUT2D eigenvalue weighted by Crippen LogP contribution is -2.44. The first-order valence-electron chi connectivity index (χ1n) is 8.25. The van der Waals surface area contributed by atoms with E-state index in [1.807, 2.05) is 16.7 Å². The van der Waals surface area contributed by atoms with Gasteiger partial charge in [0.2, 0.25) is 11.8 Å². The summed E-state index contributed by atoms with van der Waals surface area (Å²) in [5, 5.41) is 4.67. The van der Waals surface area contributed by atoms with Gasteiger partial charge in [-0.25, -0.2) is 0 Å².